The van der Waals surface area contributed by atoms with Gasteiger partial charge < -0.3 is 0 Å². The third-order valence-corrected chi connectivity index (χ3v) is 2.93. The van der Waals surface area contributed by atoms with E-state index >= 15 is 0 Å². The number of terminal acetylenes is 1. The van der Waals surface area contributed by atoms with Crippen LogP contribution < -0.4 is 5.56 Å². The Hall–Kier alpha value is -2.34. The molecule has 0 aliphatic rings. The van der Waals surface area contributed by atoms with Gasteiger partial charge in [0, 0.05) is 19.0 Å². The van der Waals surface area contributed by atoms with E-state index in [9.17, 15) is 4.79 Å². The molecule has 3 heteroatoms. The molecule has 0 saturated heterocycles. The largest absolute Gasteiger partial charge is 0.300 e. The van der Waals surface area contributed by atoms with Crippen molar-refractivity contribution in [3.05, 3.63) is 52.1 Å². The fourth-order valence-corrected chi connectivity index (χ4v) is 1.85. The summed E-state index contributed by atoms with van der Waals surface area (Å²) < 4.78 is 1.53. The SMILES string of the molecule is C#CCc1c(-c2ccccc2)nc(C)n(C)c1=O. The van der Waals surface area contributed by atoms with Crippen molar-refractivity contribution in [3.8, 4) is 23.6 Å². The first-order chi connectivity index (χ1) is 8.65. The molecule has 1 aromatic heterocycles. The quantitative estimate of drug-likeness (QED) is 0.749. The molecule has 0 fully saturated rings. The van der Waals surface area contributed by atoms with E-state index in [1.54, 1.807) is 7.05 Å². The first-order valence-corrected chi connectivity index (χ1v) is 5.70. The minimum Gasteiger partial charge on any atom is -0.300 e. The maximum Gasteiger partial charge on any atom is 0.258 e. The second-order valence-electron chi connectivity index (χ2n) is 4.10. The molecule has 0 N–H and O–H groups in total. The number of hydrogen-bond donors (Lipinski definition) is 0. The second kappa shape index (κ2) is 4.89. The minimum absolute atomic E-state index is 0.0701. The fourth-order valence-electron chi connectivity index (χ4n) is 1.85. The average Bonchev–Trinajstić information content (AvgIpc) is 2.40. The molecule has 18 heavy (non-hydrogen) atoms. The summed E-state index contributed by atoms with van der Waals surface area (Å²) in [6.07, 6.45) is 5.63. The summed E-state index contributed by atoms with van der Waals surface area (Å²) in [5.74, 6) is 3.21. The van der Waals surface area contributed by atoms with Gasteiger partial charge in [0.05, 0.1) is 11.3 Å². The number of benzene rings is 1. The monoisotopic (exact) mass is 238 g/mol. The molecule has 0 saturated carbocycles. The Bertz CT molecular complexity index is 663. The maximum absolute atomic E-state index is 12.2. The van der Waals surface area contributed by atoms with E-state index in [4.69, 9.17) is 6.42 Å². The first-order valence-electron chi connectivity index (χ1n) is 5.70. The molecule has 3 nitrogen and oxygen atoms in total. The third-order valence-electron chi connectivity index (χ3n) is 2.93. The Labute approximate surface area is 106 Å². The van der Waals surface area contributed by atoms with Crippen LogP contribution in [0.4, 0.5) is 0 Å². The molecule has 0 bridgehead atoms. The Balaban J connectivity index is 2.75. The Morgan fingerprint density at radius 2 is 2.00 bits per heavy atom. The highest BCUT2D eigenvalue weighted by atomic mass is 16.1. The average molecular weight is 238 g/mol. The zero-order valence-corrected chi connectivity index (χ0v) is 10.5. The van der Waals surface area contributed by atoms with E-state index in [0.717, 1.165) is 5.56 Å². The number of nitrogens with zero attached hydrogens (tertiary/aromatic N) is 2. The lowest BCUT2D eigenvalue weighted by molar-refractivity contribution is 0.763. The predicted octanol–water partition coefficient (Wildman–Crippen LogP) is 1.93. The van der Waals surface area contributed by atoms with Gasteiger partial charge in [-0.2, -0.15) is 0 Å². The van der Waals surface area contributed by atoms with Crippen molar-refractivity contribution in [2.75, 3.05) is 0 Å². The maximum atomic E-state index is 12.2. The Morgan fingerprint density at radius 3 is 2.61 bits per heavy atom. The zero-order valence-electron chi connectivity index (χ0n) is 10.5. The first kappa shape index (κ1) is 12.1. The van der Waals surface area contributed by atoms with Gasteiger partial charge in [-0.1, -0.05) is 30.3 Å². The minimum atomic E-state index is -0.0701. The molecule has 1 aromatic carbocycles. The van der Waals surface area contributed by atoms with Crippen molar-refractivity contribution in [3.63, 3.8) is 0 Å². The standard InChI is InChI=1S/C15H14N2O/c1-4-8-13-14(12-9-6-5-7-10-12)16-11(2)17(3)15(13)18/h1,5-7,9-10H,8H2,2-3H3. The molecular formula is C15H14N2O. The lowest BCUT2D eigenvalue weighted by Crippen LogP contribution is -2.25. The van der Waals surface area contributed by atoms with Gasteiger partial charge in [-0.3, -0.25) is 9.36 Å². The molecule has 0 atom stereocenters. The number of aryl methyl sites for hydroxylation is 1. The summed E-state index contributed by atoms with van der Waals surface area (Å²) >= 11 is 0. The highest BCUT2D eigenvalue weighted by molar-refractivity contribution is 5.63. The van der Waals surface area contributed by atoms with Crippen LogP contribution in [-0.2, 0) is 13.5 Å². The summed E-state index contributed by atoms with van der Waals surface area (Å²) in [5.41, 5.74) is 2.12. The molecule has 0 radical (unpaired) electrons. The van der Waals surface area contributed by atoms with Crippen LogP contribution in [0.25, 0.3) is 11.3 Å². The van der Waals surface area contributed by atoms with Gasteiger partial charge in [-0.25, -0.2) is 4.98 Å². The molecule has 1 heterocycles. The molecule has 0 unspecified atom stereocenters. The molecule has 0 spiro atoms. The second-order valence-corrected chi connectivity index (χ2v) is 4.10. The smallest absolute Gasteiger partial charge is 0.258 e. The van der Waals surface area contributed by atoms with Gasteiger partial charge >= 0.3 is 0 Å². The van der Waals surface area contributed by atoms with Crippen LogP contribution in [0.5, 0.6) is 0 Å². The van der Waals surface area contributed by atoms with Crippen LogP contribution in [0.3, 0.4) is 0 Å². The van der Waals surface area contributed by atoms with Crippen LogP contribution >= 0.6 is 0 Å². The topological polar surface area (TPSA) is 34.9 Å². The van der Waals surface area contributed by atoms with E-state index in [1.165, 1.54) is 4.57 Å². The highest BCUT2D eigenvalue weighted by Gasteiger charge is 2.13. The summed E-state index contributed by atoms with van der Waals surface area (Å²) in [6.45, 7) is 1.81. The van der Waals surface area contributed by atoms with Gasteiger partial charge in [0.25, 0.3) is 5.56 Å². The van der Waals surface area contributed by atoms with Crippen molar-refractivity contribution in [1.82, 2.24) is 9.55 Å². The number of aromatic nitrogens is 2. The van der Waals surface area contributed by atoms with Crippen molar-refractivity contribution in [1.29, 1.82) is 0 Å². The summed E-state index contributed by atoms with van der Waals surface area (Å²) in [4.78, 5) is 16.7. The molecule has 0 aliphatic carbocycles. The molecular weight excluding hydrogens is 224 g/mol. The normalized spacial score (nSPS) is 10.1. The van der Waals surface area contributed by atoms with E-state index in [2.05, 4.69) is 10.9 Å². The lowest BCUT2D eigenvalue weighted by Gasteiger charge is -2.10. The van der Waals surface area contributed by atoms with Gasteiger partial charge in [0.15, 0.2) is 0 Å². The third kappa shape index (κ3) is 2.05. The molecule has 90 valence electrons. The van der Waals surface area contributed by atoms with E-state index in [-0.39, 0.29) is 5.56 Å². The van der Waals surface area contributed by atoms with Gasteiger partial charge in [0.1, 0.15) is 5.82 Å². The van der Waals surface area contributed by atoms with Crippen molar-refractivity contribution >= 4 is 0 Å². The van der Waals surface area contributed by atoms with Crippen molar-refractivity contribution in [2.24, 2.45) is 7.05 Å². The fraction of sp³-hybridized carbons (Fsp3) is 0.200. The van der Waals surface area contributed by atoms with Gasteiger partial charge in [0.2, 0.25) is 0 Å². The molecule has 2 rings (SSSR count). The van der Waals surface area contributed by atoms with Crippen molar-refractivity contribution in [2.45, 2.75) is 13.3 Å². The van der Waals surface area contributed by atoms with E-state index in [1.807, 2.05) is 37.3 Å². The molecule has 0 amide bonds. The highest BCUT2D eigenvalue weighted by Crippen LogP contribution is 2.19. The predicted molar refractivity (Wildman–Crippen MR) is 72.2 cm³/mol. The van der Waals surface area contributed by atoms with Crippen LogP contribution in [0.2, 0.25) is 0 Å². The van der Waals surface area contributed by atoms with Crippen molar-refractivity contribution < 1.29 is 0 Å². The van der Waals surface area contributed by atoms with E-state index < -0.39 is 0 Å². The Kier molecular flexibility index (Phi) is 3.29. The van der Waals surface area contributed by atoms with Crippen LogP contribution in [-0.4, -0.2) is 9.55 Å². The Morgan fingerprint density at radius 1 is 1.33 bits per heavy atom. The summed E-state index contributed by atoms with van der Waals surface area (Å²) in [5, 5.41) is 0. The number of rotatable bonds is 2. The summed E-state index contributed by atoms with van der Waals surface area (Å²) in [7, 11) is 1.71. The summed E-state index contributed by atoms with van der Waals surface area (Å²) in [6, 6.07) is 9.63. The van der Waals surface area contributed by atoms with Crippen LogP contribution in [0, 0.1) is 19.3 Å². The molecule has 0 aliphatic heterocycles. The van der Waals surface area contributed by atoms with Crippen LogP contribution in [0.15, 0.2) is 35.1 Å². The van der Waals surface area contributed by atoms with E-state index in [0.29, 0.717) is 23.5 Å². The number of hydrogen-bond acceptors (Lipinski definition) is 2. The van der Waals surface area contributed by atoms with Gasteiger partial charge in [-0.15, -0.1) is 12.3 Å². The zero-order chi connectivity index (χ0) is 13.1. The lowest BCUT2D eigenvalue weighted by atomic mass is 10.0. The van der Waals surface area contributed by atoms with Crippen LogP contribution in [0.1, 0.15) is 11.4 Å². The van der Waals surface area contributed by atoms with Gasteiger partial charge in [-0.05, 0) is 6.92 Å². The molecule has 2 aromatic rings.